The highest BCUT2D eigenvalue weighted by molar-refractivity contribution is 5.81. The number of nitrogens with one attached hydrogen (secondary N) is 3. The van der Waals surface area contributed by atoms with Crippen LogP contribution in [0.1, 0.15) is 24.8 Å². The molecule has 2 aliphatic heterocycles. The maximum absolute atomic E-state index is 12.1. The van der Waals surface area contributed by atoms with E-state index in [9.17, 15) is 9.59 Å². The SMILES string of the molecule is O=C1CCC2(c3ccc4[nH]c(=O)[nH]c4c3)NCCCN12. The van der Waals surface area contributed by atoms with Crippen LogP contribution in [-0.4, -0.2) is 33.9 Å². The van der Waals surface area contributed by atoms with E-state index in [0.29, 0.717) is 6.42 Å². The molecule has 2 aliphatic rings. The van der Waals surface area contributed by atoms with Gasteiger partial charge in [-0.05, 0) is 37.1 Å². The number of carbonyl (C=O) groups excluding carboxylic acids is 1. The van der Waals surface area contributed by atoms with Gasteiger partial charge in [0.1, 0.15) is 5.66 Å². The molecule has 0 bridgehead atoms. The van der Waals surface area contributed by atoms with Gasteiger partial charge in [-0.3, -0.25) is 10.1 Å². The normalized spacial score (nSPS) is 26.2. The molecule has 3 heterocycles. The molecule has 104 valence electrons. The number of aromatic amines is 2. The van der Waals surface area contributed by atoms with Crippen molar-refractivity contribution in [3.05, 3.63) is 34.2 Å². The second-order valence-corrected chi connectivity index (χ2v) is 5.53. The molecule has 1 atom stereocenters. The van der Waals surface area contributed by atoms with Crippen molar-refractivity contribution < 1.29 is 4.79 Å². The average molecular weight is 272 g/mol. The summed E-state index contributed by atoms with van der Waals surface area (Å²) in [5, 5.41) is 3.52. The largest absolute Gasteiger partial charge is 0.323 e. The Bertz CT molecular complexity index is 747. The van der Waals surface area contributed by atoms with Crippen LogP contribution >= 0.6 is 0 Å². The first-order valence-electron chi connectivity index (χ1n) is 6.97. The van der Waals surface area contributed by atoms with Crippen molar-refractivity contribution in [3.8, 4) is 0 Å². The van der Waals surface area contributed by atoms with E-state index in [1.165, 1.54) is 0 Å². The van der Waals surface area contributed by atoms with Crippen molar-refractivity contribution in [3.63, 3.8) is 0 Å². The zero-order valence-electron chi connectivity index (χ0n) is 11.0. The monoisotopic (exact) mass is 272 g/mol. The number of hydrogen-bond acceptors (Lipinski definition) is 3. The number of hydrogen-bond donors (Lipinski definition) is 3. The second-order valence-electron chi connectivity index (χ2n) is 5.53. The Kier molecular flexibility index (Phi) is 2.32. The summed E-state index contributed by atoms with van der Waals surface area (Å²) in [4.78, 5) is 30.9. The highest BCUT2D eigenvalue weighted by atomic mass is 16.2. The van der Waals surface area contributed by atoms with Gasteiger partial charge in [0.2, 0.25) is 5.91 Å². The minimum Gasteiger partial charge on any atom is -0.320 e. The lowest BCUT2D eigenvalue weighted by Crippen LogP contribution is -2.58. The van der Waals surface area contributed by atoms with Crippen molar-refractivity contribution >= 4 is 16.9 Å². The minimum absolute atomic E-state index is 0.203. The molecule has 20 heavy (non-hydrogen) atoms. The fourth-order valence-electron chi connectivity index (χ4n) is 3.49. The van der Waals surface area contributed by atoms with E-state index in [-0.39, 0.29) is 11.6 Å². The first-order chi connectivity index (χ1) is 9.69. The molecule has 2 aromatic rings. The Morgan fingerprint density at radius 1 is 1.15 bits per heavy atom. The molecule has 3 N–H and O–H groups in total. The van der Waals surface area contributed by atoms with Crippen molar-refractivity contribution in [2.75, 3.05) is 13.1 Å². The molecular weight excluding hydrogens is 256 g/mol. The number of nitrogens with zero attached hydrogens (tertiary/aromatic N) is 1. The van der Waals surface area contributed by atoms with Crippen molar-refractivity contribution in [1.82, 2.24) is 20.2 Å². The van der Waals surface area contributed by atoms with E-state index in [1.807, 2.05) is 23.1 Å². The van der Waals surface area contributed by atoms with Gasteiger partial charge < -0.3 is 14.9 Å². The van der Waals surface area contributed by atoms with Gasteiger partial charge in [0.25, 0.3) is 0 Å². The number of rotatable bonds is 1. The van der Waals surface area contributed by atoms with E-state index in [2.05, 4.69) is 15.3 Å². The van der Waals surface area contributed by atoms with Crippen molar-refractivity contribution in [2.24, 2.45) is 0 Å². The summed E-state index contributed by atoms with van der Waals surface area (Å²) in [7, 11) is 0. The third kappa shape index (κ3) is 1.48. The highest BCUT2D eigenvalue weighted by Crippen LogP contribution is 2.39. The summed E-state index contributed by atoms with van der Waals surface area (Å²) in [5.41, 5.74) is 2.03. The summed E-state index contributed by atoms with van der Waals surface area (Å²) in [5.74, 6) is 0.208. The number of carbonyl (C=O) groups is 1. The number of imidazole rings is 1. The fraction of sp³-hybridized carbons (Fsp3) is 0.429. The van der Waals surface area contributed by atoms with Crippen LogP contribution in [0.2, 0.25) is 0 Å². The minimum atomic E-state index is -0.391. The zero-order valence-corrected chi connectivity index (χ0v) is 11.0. The molecule has 0 saturated carbocycles. The lowest BCUT2D eigenvalue weighted by Gasteiger charge is -2.43. The Morgan fingerprint density at radius 3 is 2.90 bits per heavy atom. The Labute approximate surface area is 115 Å². The first kappa shape index (κ1) is 11.7. The summed E-state index contributed by atoms with van der Waals surface area (Å²) in [6.45, 7) is 1.71. The maximum Gasteiger partial charge on any atom is 0.323 e. The quantitative estimate of drug-likeness (QED) is 0.712. The number of amides is 1. The molecule has 0 radical (unpaired) electrons. The van der Waals surface area contributed by atoms with Gasteiger partial charge in [0.15, 0.2) is 0 Å². The lowest BCUT2D eigenvalue weighted by molar-refractivity contribution is -0.133. The van der Waals surface area contributed by atoms with Crippen LogP contribution in [0.3, 0.4) is 0 Å². The summed E-state index contributed by atoms with van der Waals surface area (Å²) >= 11 is 0. The van der Waals surface area contributed by atoms with Crippen LogP contribution in [0.4, 0.5) is 0 Å². The third-order valence-electron chi connectivity index (χ3n) is 4.43. The summed E-state index contributed by atoms with van der Waals surface area (Å²) in [6, 6.07) is 5.86. The molecular formula is C14H16N4O2. The first-order valence-corrected chi connectivity index (χ1v) is 6.97. The van der Waals surface area contributed by atoms with E-state index in [4.69, 9.17) is 0 Å². The molecule has 2 fully saturated rings. The van der Waals surface area contributed by atoms with Gasteiger partial charge in [-0.2, -0.15) is 0 Å². The molecule has 6 heteroatoms. The second kappa shape index (κ2) is 3.96. The molecule has 1 aromatic heterocycles. The molecule has 1 amide bonds. The van der Waals surface area contributed by atoms with Gasteiger partial charge in [0, 0.05) is 13.0 Å². The smallest absolute Gasteiger partial charge is 0.320 e. The number of benzene rings is 1. The van der Waals surface area contributed by atoms with Gasteiger partial charge >= 0.3 is 5.69 Å². The molecule has 6 nitrogen and oxygen atoms in total. The topological polar surface area (TPSA) is 81.0 Å². The van der Waals surface area contributed by atoms with Crippen LogP contribution in [0.15, 0.2) is 23.0 Å². The van der Waals surface area contributed by atoms with Gasteiger partial charge in [-0.15, -0.1) is 0 Å². The maximum atomic E-state index is 12.1. The molecule has 0 spiro atoms. The van der Waals surface area contributed by atoms with Crippen LogP contribution in [-0.2, 0) is 10.5 Å². The van der Waals surface area contributed by atoms with E-state index < -0.39 is 5.66 Å². The molecule has 1 aromatic carbocycles. The van der Waals surface area contributed by atoms with Gasteiger partial charge in [-0.1, -0.05) is 6.07 Å². The molecule has 4 rings (SSSR count). The Hall–Kier alpha value is -2.08. The molecule has 2 saturated heterocycles. The summed E-state index contributed by atoms with van der Waals surface area (Å²) < 4.78 is 0. The van der Waals surface area contributed by atoms with E-state index in [1.54, 1.807) is 0 Å². The highest BCUT2D eigenvalue weighted by Gasteiger charge is 2.47. The average Bonchev–Trinajstić information content (AvgIpc) is 2.99. The van der Waals surface area contributed by atoms with Crippen LogP contribution in [0, 0.1) is 0 Å². The van der Waals surface area contributed by atoms with Crippen LogP contribution < -0.4 is 11.0 Å². The summed E-state index contributed by atoms with van der Waals surface area (Å²) in [6.07, 6.45) is 2.34. The number of fused-ring (bicyclic) bond motifs is 2. The van der Waals surface area contributed by atoms with Gasteiger partial charge in [-0.25, -0.2) is 4.79 Å². The van der Waals surface area contributed by atoms with E-state index >= 15 is 0 Å². The zero-order chi connectivity index (χ0) is 13.7. The predicted molar refractivity (Wildman–Crippen MR) is 74.2 cm³/mol. The number of H-pyrrole nitrogens is 2. The standard InChI is InChI=1S/C14H16N4O2/c19-12-4-5-14(15-6-1-7-18(12)14)9-2-3-10-11(8-9)17-13(20)16-10/h2-3,8,15H,1,4-7H2,(H2,16,17,20). The van der Waals surface area contributed by atoms with E-state index in [0.717, 1.165) is 42.5 Å². The van der Waals surface area contributed by atoms with Crippen LogP contribution in [0.25, 0.3) is 11.0 Å². The molecule has 1 unspecified atom stereocenters. The van der Waals surface area contributed by atoms with Crippen molar-refractivity contribution in [1.29, 1.82) is 0 Å². The van der Waals surface area contributed by atoms with Crippen LogP contribution in [0.5, 0.6) is 0 Å². The number of aromatic nitrogens is 2. The lowest BCUT2D eigenvalue weighted by atomic mass is 9.94. The molecule has 0 aliphatic carbocycles. The fourth-order valence-corrected chi connectivity index (χ4v) is 3.49. The van der Waals surface area contributed by atoms with Crippen molar-refractivity contribution in [2.45, 2.75) is 24.9 Å². The van der Waals surface area contributed by atoms with Gasteiger partial charge in [0.05, 0.1) is 11.0 Å². The Balaban J connectivity index is 1.87. The third-order valence-corrected chi connectivity index (χ3v) is 4.43. The Morgan fingerprint density at radius 2 is 2.00 bits per heavy atom. The predicted octanol–water partition coefficient (Wildman–Crippen LogP) is 0.625.